The van der Waals surface area contributed by atoms with Gasteiger partial charge in [0.2, 0.25) is 5.91 Å². The van der Waals surface area contributed by atoms with Crippen LogP contribution in [0.2, 0.25) is 0 Å². The lowest BCUT2D eigenvalue weighted by atomic mass is 9.98. The third kappa shape index (κ3) is 5.54. The molecule has 10 heteroatoms. The van der Waals surface area contributed by atoms with Gasteiger partial charge in [0.1, 0.15) is 6.61 Å². The molecule has 4 rings (SSSR count). The van der Waals surface area contributed by atoms with Crippen molar-refractivity contribution in [2.45, 2.75) is 18.8 Å². The van der Waals surface area contributed by atoms with E-state index in [0.717, 1.165) is 27.1 Å². The van der Waals surface area contributed by atoms with Gasteiger partial charge in [-0.25, -0.2) is 20.1 Å². The molecule has 0 bridgehead atoms. The van der Waals surface area contributed by atoms with Crippen molar-refractivity contribution < 1.29 is 29.1 Å². The van der Waals surface area contributed by atoms with Crippen LogP contribution < -0.4 is 10.8 Å². The van der Waals surface area contributed by atoms with Gasteiger partial charge in [0.15, 0.2) is 11.7 Å². The number of fused-ring (bicyclic) bond motifs is 3. The minimum absolute atomic E-state index is 0.0307. The van der Waals surface area contributed by atoms with E-state index in [2.05, 4.69) is 44.9 Å². The number of carbonyl (C=O) groups excluding carboxylic acids is 2. The molecule has 2 amide bonds. The first-order chi connectivity index (χ1) is 16.0. The van der Waals surface area contributed by atoms with Crippen molar-refractivity contribution in [2.75, 3.05) is 18.5 Å². The number of carboxylic acid groups (broad SMARTS) is 1. The summed E-state index contributed by atoms with van der Waals surface area (Å²) in [5, 5.41) is 11.5. The van der Waals surface area contributed by atoms with Crippen LogP contribution in [0.25, 0.3) is 11.1 Å². The predicted octanol–water partition coefficient (Wildman–Crippen LogP) is 3.57. The predicted molar refractivity (Wildman–Crippen MR) is 121 cm³/mol. The topological polar surface area (TPSA) is 127 Å². The molecule has 9 nitrogen and oxygen atoms in total. The number of carbonyl (C=O) groups is 3. The van der Waals surface area contributed by atoms with E-state index in [4.69, 9.17) is 9.84 Å². The van der Waals surface area contributed by atoms with E-state index in [1.807, 2.05) is 24.3 Å². The van der Waals surface area contributed by atoms with Gasteiger partial charge in [0.05, 0.1) is 0 Å². The summed E-state index contributed by atoms with van der Waals surface area (Å²) in [6.45, 7) is -0.408. The zero-order valence-corrected chi connectivity index (χ0v) is 18.3. The largest absolute Gasteiger partial charge is 0.479 e. The molecule has 1 aliphatic rings. The Labute approximate surface area is 193 Å². The van der Waals surface area contributed by atoms with E-state index in [-0.39, 0.29) is 18.9 Å². The molecule has 0 saturated heterocycles. The number of thiazole rings is 1. The smallest absolute Gasteiger partial charge is 0.413 e. The first-order valence-electron chi connectivity index (χ1n) is 10.2. The van der Waals surface area contributed by atoms with Crippen LogP contribution in [0.15, 0.2) is 54.7 Å². The molecule has 0 atom stereocenters. The summed E-state index contributed by atoms with van der Waals surface area (Å²) in [6.07, 6.45) is 1.42. The molecule has 170 valence electrons. The molecule has 0 aliphatic heterocycles. The first kappa shape index (κ1) is 22.4. The van der Waals surface area contributed by atoms with Crippen molar-refractivity contribution in [2.24, 2.45) is 0 Å². The van der Waals surface area contributed by atoms with Gasteiger partial charge in [-0.3, -0.25) is 14.9 Å². The second-order valence-corrected chi connectivity index (χ2v) is 8.41. The standard InChI is InChI=1S/C23H21N3O6S/c27-20(26-32-13-21(28)29)10-9-14-11-24-22(33-14)25-23(30)31-12-19-17-7-3-1-5-15(17)16-6-2-4-8-18(16)19/h1-8,11,19H,9-10,12-13H2,(H,26,27)(H,28,29)(H,24,25,30). The van der Waals surface area contributed by atoms with Gasteiger partial charge in [-0.2, -0.15) is 0 Å². The van der Waals surface area contributed by atoms with Gasteiger partial charge in [0.25, 0.3) is 0 Å². The summed E-state index contributed by atoms with van der Waals surface area (Å²) in [5.41, 5.74) is 6.63. The number of aliphatic carboxylic acids is 1. The Hall–Kier alpha value is -3.76. The van der Waals surface area contributed by atoms with E-state index in [1.54, 1.807) is 6.20 Å². The minimum Gasteiger partial charge on any atom is -0.479 e. The van der Waals surface area contributed by atoms with E-state index in [0.29, 0.717) is 11.6 Å². The van der Waals surface area contributed by atoms with Crippen molar-refractivity contribution in [1.82, 2.24) is 10.5 Å². The van der Waals surface area contributed by atoms with Crippen LogP contribution in [0.1, 0.15) is 28.3 Å². The van der Waals surface area contributed by atoms with Crippen LogP contribution in [-0.4, -0.2) is 41.3 Å². The average molecular weight is 468 g/mol. The minimum atomic E-state index is -1.18. The lowest BCUT2D eigenvalue weighted by Gasteiger charge is -2.14. The molecule has 0 spiro atoms. The lowest BCUT2D eigenvalue weighted by molar-refractivity contribution is -0.149. The molecule has 1 aromatic heterocycles. The Kier molecular flexibility index (Phi) is 6.96. The molecular formula is C23H21N3O6S. The van der Waals surface area contributed by atoms with Crippen LogP contribution in [0.5, 0.6) is 0 Å². The second-order valence-electron chi connectivity index (χ2n) is 7.29. The Balaban J connectivity index is 1.27. The fraction of sp³-hybridized carbons (Fsp3) is 0.217. The van der Waals surface area contributed by atoms with Gasteiger partial charge in [-0.1, -0.05) is 48.5 Å². The zero-order chi connectivity index (χ0) is 23.2. The summed E-state index contributed by atoms with van der Waals surface area (Å²) in [7, 11) is 0. The van der Waals surface area contributed by atoms with Gasteiger partial charge in [-0.15, -0.1) is 11.3 Å². The molecule has 3 aromatic rings. The van der Waals surface area contributed by atoms with E-state index in [9.17, 15) is 14.4 Å². The number of anilines is 1. The molecule has 3 N–H and O–H groups in total. The quantitative estimate of drug-likeness (QED) is 0.411. The number of hydrogen-bond acceptors (Lipinski definition) is 7. The Bertz CT molecular complexity index is 1130. The van der Waals surface area contributed by atoms with E-state index in [1.165, 1.54) is 11.3 Å². The molecule has 0 unspecified atom stereocenters. The number of aromatic nitrogens is 1. The normalized spacial score (nSPS) is 12.0. The number of amides is 2. The maximum atomic E-state index is 12.3. The molecular weight excluding hydrogens is 446 g/mol. The summed E-state index contributed by atoms with van der Waals surface area (Å²) in [5.74, 6) is -1.66. The highest BCUT2D eigenvalue weighted by Crippen LogP contribution is 2.44. The number of hydroxylamine groups is 1. The van der Waals surface area contributed by atoms with E-state index < -0.39 is 24.6 Å². The number of benzene rings is 2. The van der Waals surface area contributed by atoms with Crippen molar-refractivity contribution in [3.05, 3.63) is 70.7 Å². The number of aryl methyl sites for hydroxylation is 1. The maximum Gasteiger partial charge on any atom is 0.413 e. The fourth-order valence-electron chi connectivity index (χ4n) is 3.67. The maximum absolute atomic E-state index is 12.3. The molecule has 1 heterocycles. The van der Waals surface area contributed by atoms with Gasteiger partial charge < -0.3 is 9.84 Å². The van der Waals surface area contributed by atoms with Gasteiger partial charge in [0, 0.05) is 23.4 Å². The number of hydrogen-bond donors (Lipinski definition) is 3. The summed E-state index contributed by atoms with van der Waals surface area (Å²) >= 11 is 1.23. The van der Waals surface area contributed by atoms with Crippen LogP contribution in [0.3, 0.4) is 0 Å². The summed E-state index contributed by atoms with van der Waals surface area (Å²) in [6, 6.07) is 16.2. The average Bonchev–Trinajstić information content (AvgIpc) is 3.38. The first-order valence-corrected chi connectivity index (χ1v) is 11.0. The van der Waals surface area contributed by atoms with Crippen molar-refractivity contribution in [1.29, 1.82) is 0 Å². The fourth-order valence-corrected chi connectivity index (χ4v) is 4.47. The molecule has 33 heavy (non-hydrogen) atoms. The number of nitrogens with one attached hydrogen (secondary N) is 2. The number of carboxylic acids is 1. The van der Waals surface area contributed by atoms with Crippen LogP contribution in [0, 0.1) is 0 Å². The van der Waals surface area contributed by atoms with E-state index >= 15 is 0 Å². The second kappa shape index (κ2) is 10.2. The monoisotopic (exact) mass is 467 g/mol. The SMILES string of the molecule is O=C(O)CONC(=O)CCc1cnc(NC(=O)OCC2c3ccccc3-c3ccccc32)s1. The lowest BCUT2D eigenvalue weighted by Crippen LogP contribution is -2.26. The van der Waals surface area contributed by atoms with Crippen molar-refractivity contribution in [3.63, 3.8) is 0 Å². The Morgan fingerprint density at radius 3 is 2.36 bits per heavy atom. The zero-order valence-electron chi connectivity index (χ0n) is 17.4. The highest BCUT2D eigenvalue weighted by atomic mass is 32.1. The number of nitrogens with zero attached hydrogens (tertiary/aromatic N) is 1. The van der Waals surface area contributed by atoms with Gasteiger partial charge >= 0.3 is 12.1 Å². The van der Waals surface area contributed by atoms with Crippen molar-refractivity contribution >= 4 is 34.4 Å². The summed E-state index contributed by atoms with van der Waals surface area (Å²) in [4.78, 5) is 43.8. The third-order valence-electron chi connectivity index (χ3n) is 5.09. The molecule has 0 radical (unpaired) electrons. The number of ether oxygens (including phenoxy) is 1. The highest BCUT2D eigenvalue weighted by Gasteiger charge is 2.29. The van der Waals surface area contributed by atoms with Gasteiger partial charge in [-0.05, 0) is 28.7 Å². The van der Waals surface area contributed by atoms with Crippen molar-refractivity contribution in [3.8, 4) is 11.1 Å². The molecule has 2 aromatic carbocycles. The Morgan fingerprint density at radius 1 is 1.03 bits per heavy atom. The van der Waals surface area contributed by atoms with Crippen LogP contribution in [0.4, 0.5) is 9.93 Å². The number of rotatable bonds is 9. The third-order valence-corrected chi connectivity index (χ3v) is 6.06. The molecule has 0 fully saturated rings. The summed E-state index contributed by atoms with van der Waals surface area (Å²) < 4.78 is 5.50. The Morgan fingerprint density at radius 2 is 1.70 bits per heavy atom. The van der Waals surface area contributed by atoms with Crippen LogP contribution in [-0.2, 0) is 25.6 Å². The molecule has 0 saturated carbocycles. The van der Waals surface area contributed by atoms with Crippen LogP contribution >= 0.6 is 11.3 Å². The highest BCUT2D eigenvalue weighted by molar-refractivity contribution is 7.15. The molecule has 1 aliphatic carbocycles.